The Morgan fingerprint density at radius 1 is 1.24 bits per heavy atom. The lowest BCUT2D eigenvalue weighted by atomic mass is 9.98. The van der Waals surface area contributed by atoms with E-state index in [4.69, 9.17) is 0 Å². The minimum Gasteiger partial charge on any atom is -0.343 e. The second kappa shape index (κ2) is 6.01. The van der Waals surface area contributed by atoms with Gasteiger partial charge in [0.25, 0.3) is 0 Å². The maximum atomic E-state index is 4.55. The van der Waals surface area contributed by atoms with Crippen LogP contribution >= 0.6 is 11.8 Å². The normalized spacial score (nSPS) is 21.3. The van der Waals surface area contributed by atoms with Crippen LogP contribution < -0.4 is 0 Å². The zero-order chi connectivity index (χ0) is 14.1. The molecule has 0 bridgehead atoms. The molecule has 0 spiro atoms. The smallest absolute Gasteiger partial charge is 0.137 e. The van der Waals surface area contributed by atoms with Crippen LogP contribution in [-0.2, 0) is 6.54 Å². The summed E-state index contributed by atoms with van der Waals surface area (Å²) in [6.45, 7) is 3.54. The zero-order valence-corrected chi connectivity index (χ0v) is 13.3. The summed E-state index contributed by atoms with van der Waals surface area (Å²) in [5.74, 6) is 3.28. The Hall–Kier alpha value is -1.00. The fraction of sp³-hybridized carbons (Fsp3) is 0.588. The van der Waals surface area contributed by atoms with Crippen molar-refractivity contribution in [2.75, 3.05) is 24.6 Å². The Balaban J connectivity index is 1.70. The fourth-order valence-corrected chi connectivity index (χ4v) is 4.79. The maximum absolute atomic E-state index is 4.55. The summed E-state index contributed by atoms with van der Waals surface area (Å²) in [6.07, 6.45) is 7.35. The molecule has 1 N–H and O–H groups in total. The van der Waals surface area contributed by atoms with Gasteiger partial charge in [-0.25, -0.2) is 4.98 Å². The minimum absolute atomic E-state index is 0.730. The molecule has 0 amide bonds. The predicted molar refractivity (Wildman–Crippen MR) is 89.9 cm³/mol. The molecular formula is C17H23N3S. The number of thioether (sulfide) groups is 1. The van der Waals surface area contributed by atoms with Crippen molar-refractivity contribution in [2.24, 2.45) is 0 Å². The molecule has 2 aliphatic rings. The summed E-state index contributed by atoms with van der Waals surface area (Å²) in [4.78, 5) is 10.8. The first-order valence-corrected chi connectivity index (χ1v) is 9.33. The molecule has 0 aromatic carbocycles. The van der Waals surface area contributed by atoms with E-state index in [9.17, 15) is 0 Å². The first-order chi connectivity index (χ1) is 10.4. The molecule has 0 unspecified atom stereocenters. The summed E-state index contributed by atoms with van der Waals surface area (Å²) >= 11 is 2.08. The number of hydrogen-bond donors (Lipinski definition) is 1. The van der Waals surface area contributed by atoms with Gasteiger partial charge in [-0.2, -0.15) is 11.8 Å². The van der Waals surface area contributed by atoms with Crippen molar-refractivity contribution in [2.45, 2.75) is 38.1 Å². The van der Waals surface area contributed by atoms with E-state index in [1.54, 1.807) is 0 Å². The lowest BCUT2D eigenvalue weighted by molar-refractivity contribution is 0.294. The third kappa shape index (κ3) is 2.71. The van der Waals surface area contributed by atoms with Crippen molar-refractivity contribution in [1.29, 1.82) is 0 Å². The molecule has 1 aliphatic carbocycles. The van der Waals surface area contributed by atoms with Crippen LogP contribution in [0.3, 0.4) is 0 Å². The SMILES string of the molecule is c1cnc2[nH]c(C3CCCC3)c(CN3CCSCC3)c2c1. The van der Waals surface area contributed by atoms with E-state index in [1.807, 2.05) is 6.20 Å². The molecule has 2 aromatic heterocycles. The van der Waals surface area contributed by atoms with Gasteiger partial charge in [-0.05, 0) is 36.5 Å². The Kier molecular flexibility index (Phi) is 3.91. The number of hydrogen-bond acceptors (Lipinski definition) is 3. The number of nitrogens with zero attached hydrogens (tertiary/aromatic N) is 2. The monoisotopic (exact) mass is 301 g/mol. The third-order valence-electron chi connectivity index (χ3n) is 4.96. The first-order valence-electron chi connectivity index (χ1n) is 8.17. The highest BCUT2D eigenvalue weighted by atomic mass is 32.2. The van der Waals surface area contributed by atoms with E-state index in [-0.39, 0.29) is 0 Å². The molecule has 3 nitrogen and oxygen atoms in total. The van der Waals surface area contributed by atoms with E-state index in [0.717, 1.165) is 18.1 Å². The predicted octanol–water partition coefficient (Wildman–Crippen LogP) is 3.77. The van der Waals surface area contributed by atoms with E-state index in [1.165, 1.54) is 66.9 Å². The third-order valence-corrected chi connectivity index (χ3v) is 5.90. The van der Waals surface area contributed by atoms with Gasteiger partial charge in [0.2, 0.25) is 0 Å². The molecule has 112 valence electrons. The lowest BCUT2D eigenvalue weighted by Crippen LogP contribution is -2.32. The number of pyridine rings is 1. The average molecular weight is 301 g/mol. The topological polar surface area (TPSA) is 31.9 Å². The molecule has 0 radical (unpaired) electrons. The van der Waals surface area contributed by atoms with Gasteiger partial charge in [-0.1, -0.05) is 12.8 Å². The lowest BCUT2D eigenvalue weighted by Gasteiger charge is -2.27. The van der Waals surface area contributed by atoms with Crippen LogP contribution in [-0.4, -0.2) is 39.5 Å². The van der Waals surface area contributed by atoms with Gasteiger partial charge >= 0.3 is 0 Å². The van der Waals surface area contributed by atoms with Gasteiger partial charge in [0.1, 0.15) is 5.65 Å². The molecule has 2 fully saturated rings. The van der Waals surface area contributed by atoms with Crippen LogP contribution in [0.4, 0.5) is 0 Å². The van der Waals surface area contributed by atoms with E-state index in [0.29, 0.717) is 0 Å². The van der Waals surface area contributed by atoms with Gasteiger partial charge < -0.3 is 4.98 Å². The van der Waals surface area contributed by atoms with Gasteiger partial charge in [0.05, 0.1) is 0 Å². The molecule has 3 heterocycles. The van der Waals surface area contributed by atoms with E-state index in [2.05, 4.69) is 38.8 Å². The van der Waals surface area contributed by atoms with Crippen LogP contribution in [0, 0.1) is 0 Å². The van der Waals surface area contributed by atoms with Crippen molar-refractivity contribution in [1.82, 2.24) is 14.9 Å². The zero-order valence-electron chi connectivity index (χ0n) is 12.5. The Bertz CT molecular complexity index is 610. The number of H-pyrrole nitrogens is 1. The van der Waals surface area contributed by atoms with Crippen molar-refractivity contribution in [3.05, 3.63) is 29.6 Å². The summed E-state index contributed by atoms with van der Waals surface area (Å²) in [6, 6.07) is 4.31. The van der Waals surface area contributed by atoms with Crippen molar-refractivity contribution >= 4 is 22.8 Å². The summed E-state index contributed by atoms with van der Waals surface area (Å²) in [7, 11) is 0. The van der Waals surface area contributed by atoms with Gasteiger partial charge in [0, 0.05) is 48.4 Å². The number of aromatic amines is 1. The largest absolute Gasteiger partial charge is 0.343 e. The highest BCUT2D eigenvalue weighted by molar-refractivity contribution is 7.99. The second-order valence-electron chi connectivity index (χ2n) is 6.29. The first kappa shape index (κ1) is 13.6. The second-order valence-corrected chi connectivity index (χ2v) is 7.51. The molecule has 1 aliphatic heterocycles. The summed E-state index contributed by atoms with van der Waals surface area (Å²) in [5, 5.41) is 1.35. The average Bonchev–Trinajstić information content (AvgIpc) is 3.16. The molecule has 4 heteroatoms. The van der Waals surface area contributed by atoms with E-state index >= 15 is 0 Å². The number of aromatic nitrogens is 2. The highest BCUT2D eigenvalue weighted by Crippen LogP contribution is 2.38. The molecule has 2 aromatic rings. The molecular weight excluding hydrogens is 278 g/mol. The maximum Gasteiger partial charge on any atom is 0.137 e. The standard InChI is InChI=1S/C17H23N3S/c1-2-5-13(4-1)16-15(12-20-8-10-21-11-9-20)14-6-3-7-18-17(14)19-16/h3,6-7,13H,1-2,4-5,8-12H2,(H,18,19). The number of fused-ring (bicyclic) bond motifs is 1. The van der Waals surface area contributed by atoms with Gasteiger partial charge in [-0.15, -0.1) is 0 Å². The summed E-state index contributed by atoms with van der Waals surface area (Å²) in [5.41, 5.74) is 4.09. The Morgan fingerprint density at radius 3 is 2.86 bits per heavy atom. The van der Waals surface area contributed by atoms with E-state index < -0.39 is 0 Å². The highest BCUT2D eigenvalue weighted by Gasteiger charge is 2.25. The minimum atomic E-state index is 0.730. The fourth-order valence-electron chi connectivity index (χ4n) is 3.81. The van der Waals surface area contributed by atoms with Crippen LogP contribution in [0.25, 0.3) is 11.0 Å². The summed E-state index contributed by atoms with van der Waals surface area (Å²) < 4.78 is 0. The molecule has 21 heavy (non-hydrogen) atoms. The van der Waals surface area contributed by atoms with Crippen LogP contribution in [0.5, 0.6) is 0 Å². The van der Waals surface area contributed by atoms with Crippen molar-refractivity contribution < 1.29 is 0 Å². The number of nitrogens with one attached hydrogen (secondary N) is 1. The molecule has 4 rings (SSSR count). The Labute approximate surface area is 130 Å². The molecule has 0 atom stereocenters. The van der Waals surface area contributed by atoms with Crippen molar-refractivity contribution in [3.63, 3.8) is 0 Å². The number of rotatable bonds is 3. The van der Waals surface area contributed by atoms with Gasteiger partial charge in [-0.3, -0.25) is 4.90 Å². The van der Waals surface area contributed by atoms with Crippen LogP contribution in [0.1, 0.15) is 42.9 Å². The Morgan fingerprint density at radius 2 is 2.05 bits per heavy atom. The molecule has 1 saturated heterocycles. The van der Waals surface area contributed by atoms with Gasteiger partial charge in [0.15, 0.2) is 0 Å². The molecule has 1 saturated carbocycles. The quantitative estimate of drug-likeness (QED) is 0.936. The van der Waals surface area contributed by atoms with Crippen LogP contribution in [0.15, 0.2) is 18.3 Å². The van der Waals surface area contributed by atoms with Crippen molar-refractivity contribution in [3.8, 4) is 0 Å². The van der Waals surface area contributed by atoms with Crippen LogP contribution in [0.2, 0.25) is 0 Å².